The van der Waals surface area contributed by atoms with Gasteiger partial charge in [0, 0.05) is 31.4 Å². The number of rotatable bonds is 5. The minimum absolute atomic E-state index is 0.0284. The van der Waals surface area contributed by atoms with Crippen molar-refractivity contribution in [2.45, 2.75) is 38.8 Å². The number of carboxylic acids is 1. The summed E-state index contributed by atoms with van der Waals surface area (Å²) in [5.74, 6) is -1.39. The molecular weight excluding hydrogens is 403 g/mol. The minimum Gasteiger partial charge on any atom is -0.492 e. The number of nitrogens with two attached hydrogens (primary N) is 1. The fourth-order valence-corrected chi connectivity index (χ4v) is 5.14. The molecule has 2 aliphatic rings. The standard InChI is InChI=1S/C22H29FN4O4/c1-10-7-26(8-11(2)17(10)25-3)19-15(23)16(24)14-18(21(19)31-4)27(12-5-6-12)9-13(20(14)28)22(29)30/h9-12,17,25H,5-8,24H2,1-4H3,(H,29,30). The highest BCUT2D eigenvalue weighted by Gasteiger charge is 2.37. The van der Waals surface area contributed by atoms with E-state index >= 15 is 4.39 Å². The summed E-state index contributed by atoms with van der Waals surface area (Å²) in [5.41, 5.74) is 5.21. The van der Waals surface area contributed by atoms with Gasteiger partial charge in [-0.3, -0.25) is 4.79 Å². The van der Waals surface area contributed by atoms with E-state index in [9.17, 15) is 14.7 Å². The summed E-state index contributed by atoms with van der Waals surface area (Å²) in [6.45, 7) is 5.40. The number of hydrogen-bond acceptors (Lipinski definition) is 6. The number of carbonyl (C=O) groups is 1. The number of hydrogen-bond donors (Lipinski definition) is 3. The van der Waals surface area contributed by atoms with Gasteiger partial charge in [0.1, 0.15) is 11.3 Å². The lowest BCUT2D eigenvalue weighted by molar-refractivity contribution is 0.0695. The molecule has 0 amide bonds. The molecule has 31 heavy (non-hydrogen) atoms. The molecule has 1 saturated carbocycles. The Labute approximate surface area is 179 Å². The fourth-order valence-electron chi connectivity index (χ4n) is 5.14. The molecular formula is C22H29FN4O4. The molecule has 0 bridgehead atoms. The molecule has 0 radical (unpaired) electrons. The third-order valence-corrected chi connectivity index (χ3v) is 6.65. The molecule has 4 N–H and O–H groups in total. The summed E-state index contributed by atoms with van der Waals surface area (Å²) in [6.07, 6.45) is 3.02. The zero-order chi connectivity index (χ0) is 22.6. The number of anilines is 2. The van der Waals surface area contributed by atoms with E-state index in [0.29, 0.717) is 24.6 Å². The van der Waals surface area contributed by atoms with Gasteiger partial charge in [0.2, 0.25) is 5.43 Å². The number of carboxylic acid groups (broad SMARTS) is 1. The number of nitrogen functional groups attached to an aromatic ring is 1. The molecule has 1 aliphatic carbocycles. The first kappa shape index (κ1) is 21.4. The van der Waals surface area contributed by atoms with Crippen LogP contribution in [-0.4, -0.2) is 48.9 Å². The number of aromatic carboxylic acids is 1. The summed E-state index contributed by atoms with van der Waals surface area (Å²) in [7, 11) is 3.37. The molecule has 1 aliphatic heterocycles. The second-order valence-electron chi connectivity index (χ2n) is 8.82. The molecule has 9 heteroatoms. The third kappa shape index (κ3) is 3.31. The molecule has 1 aromatic carbocycles. The van der Waals surface area contributed by atoms with E-state index < -0.39 is 22.8 Å². The molecule has 1 saturated heterocycles. The van der Waals surface area contributed by atoms with Gasteiger partial charge < -0.3 is 30.4 Å². The van der Waals surface area contributed by atoms with Crippen molar-refractivity contribution in [1.29, 1.82) is 0 Å². The van der Waals surface area contributed by atoms with Crippen LogP contribution in [0.2, 0.25) is 0 Å². The highest BCUT2D eigenvalue weighted by Crippen LogP contribution is 2.46. The van der Waals surface area contributed by atoms with Gasteiger partial charge in [0.05, 0.1) is 23.7 Å². The predicted octanol–water partition coefficient (Wildman–Crippen LogP) is 2.44. The van der Waals surface area contributed by atoms with E-state index in [1.54, 1.807) is 4.57 Å². The number of benzene rings is 1. The molecule has 2 fully saturated rings. The number of fused-ring (bicyclic) bond motifs is 1. The number of aromatic nitrogens is 1. The Bertz CT molecular complexity index is 1100. The summed E-state index contributed by atoms with van der Waals surface area (Å²) in [6, 6.07) is 0.326. The maximum atomic E-state index is 15.7. The SMILES string of the molecule is CNC1C(C)CN(c2c(F)c(N)c3c(=O)c(C(=O)O)cn(C4CC4)c3c2OC)CC1C. The minimum atomic E-state index is -1.36. The number of nitrogens with one attached hydrogen (secondary N) is 1. The normalized spacial score (nSPS) is 23.9. The van der Waals surface area contributed by atoms with Crippen LogP contribution in [0, 0.1) is 17.7 Å². The molecule has 2 atom stereocenters. The van der Waals surface area contributed by atoms with Crippen molar-refractivity contribution in [2.75, 3.05) is 37.9 Å². The number of nitrogens with zero attached hydrogens (tertiary/aromatic N) is 2. The lowest BCUT2D eigenvalue weighted by Gasteiger charge is -2.43. The van der Waals surface area contributed by atoms with Crippen molar-refractivity contribution < 1.29 is 19.0 Å². The van der Waals surface area contributed by atoms with E-state index in [-0.39, 0.29) is 40.4 Å². The summed E-state index contributed by atoms with van der Waals surface area (Å²) in [4.78, 5) is 26.6. The Hall–Kier alpha value is -2.81. The van der Waals surface area contributed by atoms with Crippen molar-refractivity contribution in [3.8, 4) is 5.75 Å². The van der Waals surface area contributed by atoms with Crippen molar-refractivity contribution in [3.05, 3.63) is 27.8 Å². The van der Waals surface area contributed by atoms with Crippen LogP contribution in [0.3, 0.4) is 0 Å². The Morgan fingerprint density at radius 2 is 1.90 bits per heavy atom. The maximum Gasteiger partial charge on any atom is 0.341 e. The van der Waals surface area contributed by atoms with Gasteiger partial charge in [-0.25, -0.2) is 9.18 Å². The van der Waals surface area contributed by atoms with E-state index in [1.807, 2.05) is 11.9 Å². The molecule has 4 rings (SSSR count). The summed E-state index contributed by atoms with van der Waals surface area (Å²) < 4.78 is 23.1. The molecule has 2 unspecified atom stereocenters. The molecule has 8 nitrogen and oxygen atoms in total. The van der Waals surface area contributed by atoms with Crippen LogP contribution in [0.5, 0.6) is 5.75 Å². The van der Waals surface area contributed by atoms with Crippen LogP contribution in [0.25, 0.3) is 10.9 Å². The van der Waals surface area contributed by atoms with Crippen molar-refractivity contribution in [2.24, 2.45) is 11.8 Å². The van der Waals surface area contributed by atoms with E-state index in [1.165, 1.54) is 13.3 Å². The van der Waals surface area contributed by atoms with E-state index in [4.69, 9.17) is 10.5 Å². The third-order valence-electron chi connectivity index (χ3n) is 6.65. The first-order valence-corrected chi connectivity index (χ1v) is 10.6. The highest BCUT2D eigenvalue weighted by molar-refractivity contribution is 6.03. The van der Waals surface area contributed by atoms with Gasteiger partial charge in [0.25, 0.3) is 0 Å². The highest BCUT2D eigenvalue weighted by atomic mass is 19.1. The lowest BCUT2D eigenvalue weighted by atomic mass is 9.85. The van der Waals surface area contributed by atoms with Gasteiger partial charge in [0.15, 0.2) is 11.6 Å². The summed E-state index contributed by atoms with van der Waals surface area (Å²) >= 11 is 0. The Morgan fingerprint density at radius 3 is 2.39 bits per heavy atom. The lowest BCUT2D eigenvalue weighted by Crippen LogP contribution is -2.53. The van der Waals surface area contributed by atoms with Crippen molar-refractivity contribution in [1.82, 2.24) is 9.88 Å². The number of pyridine rings is 1. The van der Waals surface area contributed by atoms with Gasteiger partial charge in [-0.15, -0.1) is 0 Å². The molecule has 0 spiro atoms. The first-order chi connectivity index (χ1) is 14.7. The van der Waals surface area contributed by atoms with Crippen LogP contribution < -0.4 is 26.1 Å². The average molecular weight is 432 g/mol. The number of ether oxygens (including phenoxy) is 1. The van der Waals surface area contributed by atoms with Gasteiger partial charge in [-0.1, -0.05) is 13.8 Å². The zero-order valence-electron chi connectivity index (χ0n) is 18.2. The Balaban J connectivity index is 2.02. The largest absolute Gasteiger partial charge is 0.492 e. The fraction of sp³-hybridized carbons (Fsp3) is 0.545. The molecule has 2 heterocycles. The Kier molecular flexibility index (Phi) is 5.33. The van der Waals surface area contributed by atoms with Crippen molar-refractivity contribution in [3.63, 3.8) is 0 Å². The maximum absolute atomic E-state index is 15.7. The summed E-state index contributed by atoms with van der Waals surface area (Å²) in [5, 5.41) is 12.7. The average Bonchev–Trinajstić information content (AvgIpc) is 3.55. The Morgan fingerprint density at radius 1 is 1.29 bits per heavy atom. The van der Waals surface area contributed by atoms with Crippen LogP contribution >= 0.6 is 0 Å². The van der Waals surface area contributed by atoms with E-state index in [0.717, 1.165) is 12.8 Å². The molecule has 2 aromatic rings. The van der Waals surface area contributed by atoms with Gasteiger partial charge in [-0.2, -0.15) is 0 Å². The predicted molar refractivity (Wildman–Crippen MR) is 118 cm³/mol. The topological polar surface area (TPSA) is 110 Å². The number of halogens is 1. The van der Waals surface area contributed by atoms with Gasteiger partial charge >= 0.3 is 5.97 Å². The number of piperidine rings is 1. The monoisotopic (exact) mass is 432 g/mol. The first-order valence-electron chi connectivity index (χ1n) is 10.6. The quantitative estimate of drug-likeness (QED) is 0.623. The van der Waals surface area contributed by atoms with Crippen molar-refractivity contribution >= 4 is 28.2 Å². The van der Waals surface area contributed by atoms with Crippen LogP contribution in [0.1, 0.15) is 43.1 Å². The molecule has 168 valence electrons. The van der Waals surface area contributed by atoms with Crippen LogP contribution in [0.4, 0.5) is 15.8 Å². The second kappa shape index (κ2) is 7.71. The second-order valence-corrected chi connectivity index (χ2v) is 8.82. The smallest absolute Gasteiger partial charge is 0.341 e. The van der Waals surface area contributed by atoms with E-state index in [2.05, 4.69) is 19.2 Å². The van der Waals surface area contributed by atoms with Crippen LogP contribution in [0.15, 0.2) is 11.0 Å². The molecule has 1 aromatic heterocycles. The van der Waals surface area contributed by atoms with Crippen LogP contribution in [-0.2, 0) is 0 Å². The zero-order valence-corrected chi connectivity index (χ0v) is 18.2. The van der Waals surface area contributed by atoms with Gasteiger partial charge in [-0.05, 0) is 31.7 Å². The number of methoxy groups -OCH3 is 1.